The second-order valence-electron chi connectivity index (χ2n) is 6.20. The average Bonchev–Trinajstić information content (AvgIpc) is 2.71. The molecule has 0 spiro atoms. The fraction of sp³-hybridized carbons (Fsp3) is 0.143. The van der Waals surface area contributed by atoms with Crippen LogP contribution in [0.3, 0.4) is 0 Å². The zero-order valence-corrected chi connectivity index (χ0v) is 16.6. The molecule has 0 aliphatic carbocycles. The lowest BCUT2D eigenvalue weighted by atomic mass is 10.1. The van der Waals surface area contributed by atoms with Gasteiger partial charge < -0.3 is 10.1 Å². The summed E-state index contributed by atoms with van der Waals surface area (Å²) < 4.78 is 19.1. The zero-order valence-electron chi connectivity index (χ0n) is 15.9. The van der Waals surface area contributed by atoms with Crippen molar-refractivity contribution in [3.8, 4) is 5.69 Å². The molecular weight excluding hydrogens is 413 g/mol. The van der Waals surface area contributed by atoms with Crippen molar-refractivity contribution in [3.63, 3.8) is 0 Å². The Morgan fingerprint density at radius 1 is 1.13 bits per heavy atom. The van der Waals surface area contributed by atoms with Gasteiger partial charge in [0.15, 0.2) is 5.69 Å². The Balaban J connectivity index is 1.94. The first-order valence-electron chi connectivity index (χ1n) is 8.99. The van der Waals surface area contributed by atoms with E-state index in [0.29, 0.717) is 10.6 Å². The van der Waals surface area contributed by atoms with E-state index in [1.165, 1.54) is 12.1 Å². The normalized spacial score (nSPS) is 10.5. The maximum absolute atomic E-state index is 13.2. The summed E-state index contributed by atoms with van der Waals surface area (Å²) in [5.41, 5.74) is 0.0191. The lowest BCUT2D eigenvalue weighted by molar-refractivity contribution is -0.115. The summed E-state index contributed by atoms with van der Waals surface area (Å²) >= 11 is 5.84. The number of hydrogen-bond acceptors (Lipinski definition) is 5. The predicted octanol–water partition coefficient (Wildman–Crippen LogP) is 3.38. The molecule has 0 aliphatic rings. The van der Waals surface area contributed by atoms with Crippen molar-refractivity contribution in [1.82, 2.24) is 9.78 Å². The van der Waals surface area contributed by atoms with Gasteiger partial charge in [-0.25, -0.2) is 9.18 Å². The largest absolute Gasteiger partial charge is 0.461 e. The second-order valence-corrected chi connectivity index (χ2v) is 6.64. The van der Waals surface area contributed by atoms with Gasteiger partial charge in [-0.3, -0.25) is 9.59 Å². The van der Waals surface area contributed by atoms with Crippen LogP contribution in [0.2, 0.25) is 5.02 Å². The van der Waals surface area contributed by atoms with Gasteiger partial charge in [0.2, 0.25) is 5.91 Å². The van der Waals surface area contributed by atoms with Crippen LogP contribution in [-0.4, -0.2) is 28.3 Å². The van der Waals surface area contributed by atoms with Crippen molar-refractivity contribution in [2.45, 2.75) is 13.3 Å². The molecule has 0 radical (unpaired) electrons. The molecule has 0 unspecified atom stereocenters. The molecule has 0 saturated carbocycles. The van der Waals surface area contributed by atoms with Crippen molar-refractivity contribution in [1.29, 1.82) is 0 Å². The summed E-state index contributed by atoms with van der Waals surface area (Å²) in [5, 5.41) is 7.11. The van der Waals surface area contributed by atoms with E-state index in [4.69, 9.17) is 16.3 Å². The summed E-state index contributed by atoms with van der Waals surface area (Å²) in [6, 6.07) is 12.8. The minimum absolute atomic E-state index is 0.000477. The van der Waals surface area contributed by atoms with Gasteiger partial charge >= 0.3 is 5.97 Å². The molecule has 0 fully saturated rings. The molecule has 0 aliphatic heterocycles. The van der Waals surface area contributed by atoms with E-state index in [1.54, 1.807) is 31.2 Å². The summed E-state index contributed by atoms with van der Waals surface area (Å²) in [5.74, 6) is -1.75. The minimum atomic E-state index is -0.810. The van der Waals surface area contributed by atoms with E-state index in [2.05, 4.69) is 10.4 Å². The smallest absolute Gasteiger partial charge is 0.360 e. The number of aromatic nitrogens is 2. The number of amides is 1. The topological polar surface area (TPSA) is 90.3 Å². The van der Waals surface area contributed by atoms with Crippen molar-refractivity contribution in [3.05, 3.63) is 87.0 Å². The highest BCUT2D eigenvalue weighted by atomic mass is 35.5. The average molecular weight is 430 g/mol. The van der Waals surface area contributed by atoms with Gasteiger partial charge in [0.25, 0.3) is 5.56 Å². The molecule has 7 nitrogen and oxygen atoms in total. The Bertz CT molecular complexity index is 1130. The molecule has 1 heterocycles. The molecule has 1 N–H and O–H groups in total. The molecule has 3 rings (SSSR count). The molecule has 9 heteroatoms. The third-order valence-electron chi connectivity index (χ3n) is 4.02. The highest BCUT2D eigenvalue weighted by Crippen LogP contribution is 2.16. The number of nitrogens with zero attached hydrogens (tertiary/aromatic N) is 2. The van der Waals surface area contributed by atoms with Gasteiger partial charge in [-0.15, -0.1) is 0 Å². The van der Waals surface area contributed by atoms with Gasteiger partial charge in [-0.1, -0.05) is 23.7 Å². The van der Waals surface area contributed by atoms with Crippen LogP contribution in [0.4, 0.5) is 10.1 Å². The van der Waals surface area contributed by atoms with Gasteiger partial charge in [-0.05, 0) is 48.9 Å². The highest BCUT2D eigenvalue weighted by molar-refractivity contribution is 6.30. The molecule has 0 atom stereocenters. The van der Waals surface area contributed by atoms with Crippen LogP contribution in [0.25, 0.3) is 5.69 Å². The lowest BCUT2D eigenvalue weighted by Crippen LogP contribution is -2.27. The van der Waals surface area contributed by atoms with Crippen molar-refractivity contribution in [2.24, 2.45) is 0 Å². The lowest BCUT2D eigenvalue weighted by Gasteiger charge is -2.12. The number of carbonyl (C=O) groups excluding carboxylic acids is 2. The zero-order chi connectivity index (χ0) is 21.7. The Morgan fingerprint density at radius 2 is 1.80 bits per heavy atom. The fourth-order valence-corrected chi connectivity index (χ4v) is 2.78. The third-order valence-corrected chi connectivity index (χ3v) is 4.28. The number of halogens is 2. The number of carbonyl (C=O) groups is 2. The van der Waals surface area contributed by atoms with Crippen LogP contribution in [0.1, 0.15) is 23.0 Å². The van der Waals surface area contributed by atoms with Crippen LogP contribution in [0.15, 0.2) is 59.4 Å². The van der Waals surface area contributed by atoms with Gasteiger partial charge in [0, 0.05) is 11.1 Å². The Morgan fingerprint density at radius 3 is 2.43 bits per heavy atom. The summed E-state index contributed by atoms with van der Waals surface area (Å²) in [7, 11) is 0. The van der Waals surface area contributed by atoms with Crippen LogP contribution in [-0.2, 0) is 16.0 Å². The van der Waals surface area contributed by atoms with Crippen LogP contribution >= 0.6 is 11.6 Å². The highest BCUT2D eigenvalue weighted by Gasteiger charge is 2.20. The van der Waals surface area contributed by atoms with Gasteiger partial charge in [-0.2, -0.15) is 9.78 Å². The van der Waals surface area contributed by atoms with E-state index in [-0.39, 0.29) is 30.1 Å². The Hall–Kier alpha value is -3.52. The third kappa shape index (κ3) is 5.09. The number of benzene rings is 2. The number of nitrogens with one attached hydrogen (secondary N) is 1. The standard InChI is InChI=1S/C21H17ClFN3O4/c1-2-30-21(29)20-17(24-18(27)11-13-3-5-14(22)6-4-13)12-19(28)26(25-20)16-9-7-15(23)8-10-16/h3-10,12H,2,11H2,1H3,(H,24,27). The summed E-state index contributed by atoms with van der Waals surface area (Å²) in [6.07, 6.45) is 0.000477. The van der Waals surface area contributed by atoms with E-state index in [1.807, 2.05) is 0 Å². The fourth-order valence-electron chi connectivity index (χ4n) is 2.65. The monoisotopic (exact) mass is 429 g/mol. The number of esters is 1. The maximum Gasteiger partial charge on any atom is 0.360 e. The maximum atomic E-state index is 13.2. The molecular formula is C21H17ClFN3O4. The summed E-state index contributed by atoms with van der Waals surface area (Å²) in [6.45, 7) is 1.70. The van der Waals surface area contributed by atoms with Gasteiger partial charge in [0.1, 0.15) is 5.82 Å². The SMILES string of the molecule is CCOC(=O)c1nn(-c2ccc(F)cc2)c(=O)cc1NC(=O)Cc1ccc(Cl)cc1. The van der Waals surface area contributed by atoms with Crippen molar-refractivity contribution >= 4 is 29.2 Å². The molecule has 2 aromatic carbocycles. The number of rotatable bonds is 6. The van der Waals surface area contributed by atoms with Gasteiger partial charge in [0.05, 0.1) is 24.4 Å². The molecule has 0 bridgehead atoms. The molecule has 0 saturated heterocycles. The van der Waals surface area contributed by atoms with E-state index < -0.39 is 23.3 Å². The van der Waals surface area contributed by atoms with Crippen molar-refractivity contribution < 1.29 is 18.7 Å². The number of ether oxygens (including phenoxy) is 1. The van der Waals surface area contributed by atoms with Crippen LogP contribution < -0.4 is 10.9 Å². The summed E-state index contributed by atoms with van der Waals surface area (Å²) in [4.78, 5) is 37.3. The number of hydrogen-bond donors (Lipinski definition) is 1. The van der Waals surface area contributed by atoms with E-state index >= 15 is 0 Å². The minimum Gasteiger partial charge on any atom is -0.461 e. The molecule has 30 heavy (non-hydrogen) atoms. The van der Waals surface area contributed by atoms with Crippen LogP contribution in [0.5, 0.6) is 0 Å². The van der Waals surface area contributed by atoms with Crippen LogP contribution in [0, 0.1) is 5.82 Å². The molecule has 1 aromatic heterocycles. The Labute approximate surface area is 176 Å². The molecule has 3 aromatic rings. The van der Waals surface area contributed by atoms with Crippen molar-refractivity contribution in [2.75, 3.05) is 11.9 Å². The quantitative estimate of drug-likeness (QED) is 0.606. The first kappa shape index (κ1) is 21.2. The Kier molecular flexibility index (Phi) is 6.58. The second kappa shape index (κ2) is 9.32. The molecule has 154 valence electrons. The first-order chi connectivity index (χ1) is 14.4. The molecule has 1 amide bonds. The predicted molar refractivity (Wildman–Crippen MR) is 110 cm³/mol. The number of anilines is 1. The van der Waals surface area contributed by atoms with E-state index in [0.717, 1.165) is 22.9 Å². The van der Waals surface area contributed by atoms with E-state index in [9.17, 15) is 18.8 Å². The first-order valence-corrected chi connectivity index (χ1v) is 9.37.